The van der Waals surface area contributed by atoms with Gasteiger partial charge < -0.3 is 15.7 Å². The van der Waals surface area contributed by atoms with Crippen molar-refractivity contribution in [2.75, 3.05) is 18.1 Å². The smallest absolute Gasteiger partial charge is 0.337 e. The first-order chi connectivity index (χ1) is 8.93. The SMILES string of the molecule is CSC(C)CNC(=O)Nc1ccc(C(=O)O)c(Cl)c1. The van der Waals surface area contributed by atoms with E-state index in [4.69, 9.17) is 16.7 Å². The molecule has 0 spiro atoms. The van der Waals surface area contributed by atoms with Crippen LogP contribution in [-0.2, 0) is 0 Å². The minimum Gasteiger partial charge on any atom is -0.478 e. The van der Waals surface area contributed by atoms with Crippen molar-refractivity contribution in [1.29, 1.82) is 0 Å². The first-order valence-corrected chi connectivity index (χ1v) is 7.21. The van der Waals surface area contributed by atoms with E-state index in [0.29, 0.717) is 17.5 Å². The van der Waals surface area contributed by atoms with E-state index in [1.807, 2.05) is 13.2 Å². The van der Waals surface area contributed by atoms with E-state index in [1.54, 1.807) is 11.8 Å². The van der Waals surface area contributed by atoms with Gasteiger partial charge in [0.1, 0.15) is 0 Å². The highest BCUT2D eigenvalue weighted by Gasteiger charge is 2.10. The molecule has 19 heavy (non-hydrogen) atoms. The zero-order valence-electron chi connectivity index (χ0n) is 10.6. The summed E-state index contributed by atoms with van der Waals surface area (Å²) in [7, 11) is 0. The van der Waals surface area contributed by atoms with Crippen molar-refractivity contribution in [2.45, 2.75) is 12.2 Å². The van der Waals surface area contributed by atoms with E-state index in [-0.39, 0.29) is 16.6 Å². The normalized spacial score (nSPS) is 11.7. The van der Waals surface area contributed by atoms with Gasteiger partial charge in [-0.15, -0.1) is 0 Å². The van der Waals surface area contributed by atoms with Gasteiger partial charge in [0.2, 0.25) is 0 Å². The minimum atomic E-state index is -1.10. The summed E-state index contributed by atoms with van der Waals surface area (Å²) in [4.78, 5) is 22.4. The predicted octanol–water partition coefficient (Wildman–Crippen LogP) is 2.91. The number of aromatic carboxylic acids is 1. The molecule has 1 atom stereocenters. The molecule has 0 bridgehead atoms. The molecule has 0 saturated heterocycles. The number of hydrogen-bond donors (Lipinski definition) is 3. The molecule has 0 saturated carbocycles. The quantitative estimate of drug-likeness (QED) is 0.781. The molecule has 3 N–H and O–H groups in total. The second-order valence-corrected chi connectivity index (χ2v) is 5.56. The zero-order chi connectivity index (χ0) is 14.4. The van der Waals surface area contributed by atoms with Crippen LogP contribution < -0.4 is 10.6 Å². The summed E-state index contributed by atoms with van der Waals surface area (Å²) in [6.07, 6.45) is 1.97. The van der Waals surface area contributed by atoms with Crippen molar-refractivity contribution in [2.24, 2.45) is 0 Å². The van der Waals surface area contributed by atoms with Crippen molar-refractivity contribution >= 4 is 41.1 Å². The number of hydrogen-bond acceptors (Lipinski definition) is 3. The maximum Gasteiger partial charge on any atom is 0.337 e. The lowest BCUT2D eigenvalue weighted by Gasteiger charge is -2.11. The van der Waals surface area contributed by atoms with Crippen LogP contribution in [0.2, 0.25) is 5.02 Å². The number of benzene rings is 1. The molecule has 1 aromatic rings. The van der Waals surface area contributed by atoms with Crippen molar-refractivity contribution in [1.82, 2.24) is 5.32 Å². The molecule has 0 heterocycles. The van der Waals surface area contributed by atoms with Gasteiger partial charge in [0.05, 0.1) is 10.6 Å². The van der Waals surface area contributed by atoms with Gasteiger partial charge in [-0.25, -0.2) is 9.59 Å². The Bertz CT molecular complexity index is 482. The van der Waals surface area contributed by atoms with Crippen LogP contribution in [0.25, 0.3) is 0 Å². The predicted molar refractivity (Wildman–Crippen MR) is 78.4 cm³/mol. The Hall–Kier alpha value is -1.40. The van der Waals surface area contributed by atoms with Crippen LogP contribution in [0.5, 0.6) is 0 Å². The van der Waals surface area contributed by atoms with Crippen molar-refractivity contribution < 1.29 is 14.7 Å². The molecule has 1 unspecified atom stereocenters. The molecular weight excluding hydrogens is 288 g/mol. The molecule has 7 heteroatoms. The van der Waals surface area contributed by atoms with Crippen LogP contribution in [0, 0.1) is 0 Å². The number of amides is 2. The van der Waals surface area contributed by atoms with Crippen LogP contribution in [0.4, 0.5) is 10.5 Å². The summed E-state index contributed by atoms with van der Waals surface area (Å²) in [5, 5.41) is 14.5. The van der Waals surface area contributed by atoms with Gasteiger partial charge in [0.15, 0.2) is 0 Å². The third kappa shape index (κ3) is 5.00. The van der Waals surface area contributed by atoms with Gasteiger partial charge in [-0.1, -0.05) is 18.5 Å². The Labute approximate surface area is 120 Å². The van der Waals surface area contributed by atoms with E-state index >= 15 is 0 Å². The average molecular weight is 303 g/mol. The molecule has 5 nitrogen and oxygen atoms in total. The maximum atomic E-state index is 11.6. The molecule has 0 radical (unpaired) electrons. The number of anilines is 1. The first kappa shape index (κ1) is 15.7. The summed E-state index contributed by atoms with van der Waals surface area (Å²) in [6.45, 7) is 2.55. The number of carboxylic acids is 1. The topological polar surface area (TPSA) is 78.4 Å². The summed E-state index contributed by atoms with van der Waals surface area (Å²) < 4.78 is 0. The van der Waals surface area contributed by atoms with Crippen LogP contribution in [0.15, 0.2) is 18.2 Å². The molecule has 1 aromatic carbocycles. The molecule has 0 aliphatic rings. The van der Waals surface area contributed by atoms with E-state index in [1.165, 1.54) is 18.2 Å². The second-order valence-electron chi connectivity index (χ2n) is 3.88. The Balaban J connectivity index is 2.60. The molecule has 0 aliphatic carbocycles. The third-order valence-corrected chi connectivity index (χ3v) is 3.69. The van der Waals surface area contributed by atoms with E-state index in [2.05, 4.69) is 10.6 Å². The summed E-state index contributed by atoms with van der Waals surface area (Å²) in [5.74, 6) is -1.10. The van der Waals surface area contributed by atoms with Gasteiger partial charge in [0.25, 0.3) is 0 Å². The molecule has 0 fully saturated rings. The summed E-state index contributed by atoms with van der Waals surface area (Å²) in [5.41, 5.74) is 0.452. The van der Waals surface area contributed by atoms with Crippen LogP contribution in [-0.4, -0.2) is 35.2 Å². The van der Waals surface area contributed by atoms with Gasteiger partial charge in [-0.2, -0.15) is 11.8 Å². The van der Waals surface area contributed by atoms with Crippen molar-refractivity contribution in [3.63, 3.8) is 0 Å². The highest BCUT2D eigenvalue weighted by Crippen LogP contribution is 2.20. The second kappa shape index (κ2) is 7.25. The fourth-order valence-corrected chi connectivity index (χ4v) is 1.77. The summed E-state index contributed by atoms with van der Waals surface area (Å²) >= 11 is 7.45. The Morgan fingerprint density at radius 1 is 1.47 bits per heavy atom. The number of carbonyl (C=O) groups excluding carboxylic acids is 1. The number of carboxylic acid groups (broad SMARTS) is 1. The van der Waals surface area contributed by atoms with Gasteiger partial charge >= 0.3 is 12.0 Å². The molecule has 0 aromatic heterocycles. The van der Waals surface area contributed by atoms with Gasteiger partial charge in [-0.05, 0) is 24.5 Å². The van der Waals surface area contributed by atoms with Crippen LogP contribution in [0.1, 0.15) is 17.3 Å². The molecular formula is C12H15ClN2O3S. The average Bonchev–Trinajstić information content (AvgIpc) is 2.35. The standard InChI is InChI=1S/C12H15ClN2O3S/c1-7(19-2)6-14-12(18)15-8-3-4-9(11(16)17)10(13)5-8/h3-5,7H,6H2,1-2H3,(H,16,17)(H2,14,15,18). The number of urea groups is 1. The molecule has 104 valence electrons. The van der Waals surface area contributed by atoms with E-state index in [0.717, 1.165) is 0 Å². The number of nitrogens with one attached hydrogen (secondary N) is 2. The highest BCUT2D eigenvalue weighted by molar-refractivity contribution is 7.99. The number of thioether (sulfide) groups is 1. The molecule has 0 aliphatic heterocycles. The van der Waals surface area contributed by atoms with Crippen LogP contribution >= 0.6 is 23.4 Å². The highest BCUT2D eigenvalue weighted by atomic mass is 35.5. The minimum absolute atomic E-state index is 0.00336. The third-order valence-electron chi connectivity index (χ3n) is 2.41. The fourth-order valence-electron chi connectivity index (χ4n) is 1.26. The number of carbonyl (C=O) groups is 2. The van der Waals surface area contributed by atoms with Crippen molar-refractivity contribution in [3.05, 3.63) is 28.8 Å². The maximum absolute atomic E-state index is 11.6. The lowest BCUT2D eigenvalue weighted by molar-refractivity contribution is 0.0697. The van der Waals surface area contributed by atoms with Crippen LogP contribution in [0.3, 0.4) is 0 Å². The number of halogens is 1. The number of rotatable bonds is 5. The lowest BCUT2D eigenvalue weighted by atomic mass is 10.2. The Morgan fingerprint density at radius 2 is 2.16 bits per heavy atom. The first-order valence-electron chi connectivity index (χ1n) is 5.54. The van der Waals surface area contributed by atoms with Gasteiger partial charge in [0, 0.05) is 17.5 Å². The van der Waals surface area contributed by atoms with Gasteiger partial charge in [-0.3, -0.25) is 0 Å². The van der Waals surface area contributed by atoms with Crippen molar-refractivity contribution in [3.8, 4) is 0 Å². The van der Waals surface area contributed by atoms with E-state index < -0.39 is 5.97 Å². The zero-order valence-corrected chi connectivity index (χ0v) is 12.1. The monoisotopic (exact) mass is 302 g/mol. The lowest BCUT2D eigenvalue weighted by Crippen LogP contribution is -2.33. The summed E-state index contributed by atoms with van der Waals surface area (Å²) in [6, 6.07) is 3.90. The Kier molecular flexibility index (Phi) is 5.98. The van der Waals surface area contributed by atoms with E-state index in [9.17, 15) is 9.59 Å². The molecule has 2 amide bonds. The largest absolute Gasteiger partial charge is 0.478 e. The molecule has 1 rings (SSSR count). The Morgan fingerprint density at radius 3 is 2.68 bits per heavy atom. The fraction of sp³-hybridized carbons (Fsp3) is 0.333.